The molecule has 1 heterocycles. The normalized spacial score (nSPS) is 54.4. The van der Waals surface area contributed by atoms with Crippen LogP contribution in [0.2, 0.25) is 0 Å². The fourth-order valence-electron chi connectivity index (χ4n) is 9.08. The van der Waals surface area contributed by atoms with Gasteiger partial charge >= 0.3 is 0 Å². The minimum atomic E-state index is -1.17. The van der Waals surface area contributed by atoms with Crippen LogP contribution in [0.5, 0.6) is 0 Å². The van der Waals surface area contributed by atoms with E-state index < -0.39 is 11.9 Å². The molecule has 3 bridgehead atoms. The first-order chi connectivity index (χ1) is 12.7. The largest absolute Gasteiger partial charge is 0.363 e. The second kappa shape index (κ2) is 4.29. The number of hydrogen-bond donors (Lipinski definition) is 0. The third-order valence-electron chi connectivity index (χ3n) is 9.26. The Hall–Kier alpha value is -0.980. The van der Waals surface area contributed by atoms with Crippen molar-refractivity contribution in [3.8, 4) is 0 Å². The topological polar surface area (TPSA) is 3.24 Å². The lowest BCUT2D eigenvalue weighted by atomic mass is 9.38. The maximum Gasteiger partial charge on any atom is 0.0402 e. The Balaban J connectivity index is 1.55. The highest BCUT2D eigenvalue weighted by atomic mass is 15.3. The molecule has 1 nitrogen and oxygen atoms in total. The third-order valence-corrected chi connectivity index (χ3v) is 9.26. The first kappa shape index (κ1) is 13.2. The Morgan fingerprint density at radius 2 is 1.68 bits per heavy atom. The van der Waals surface area contributed by atoms with Crippen LogP contribution < -0.4 is 4.90 Å². The van der Waals surface area contributed by atoms with E-state index in [0.717, 1.165) is 11.8 Å². The molecule has 5 aliphatic rings. The SMILES string of the molecule is [2H]C1([2H])C2(C(C)N(c3ccccc3C)C1(C)C)C1CC3CC4CC2C1(C3)C4. The molecule has 4 aliphatic carbocycles. The molecule has 2 spiro atoms. The van der Waals surface area contributed by atoms with E-state index in [1.54, 1.807) is 0 Å². The third kappa shape index (κ3) is 1.51. The Morgan fingerprint density at radius 1 is 1.04 bits per heavy atom. The van der Waals surface area contributed by atoms with Crippen LogP contribution in [0, 0.1) is 41.4 Å². The maximum absolute atomic E-state index is 9.58. The quantitative estimate of drug-likeness (QED) is 0.624. The minimum absolute atomic E-state index is 0.164. The molecule has 5 atom stereocenters. The average Bonchev–Trinajstić information content (AvgIpc) is 3.01. The number of benzene rings is 1. The molecule has 134 valence electrons. The minimum Gasteiger partial charge on any atom is -0.363 e. The molecule has 5 unspecified atom stereocenters. The van der Waals surface area contributed by atoms with E-state index >= 15 is 0 Å². The molecular weight excluding hydrogens is 302 g/mol. The molecule has 1 aromatic carbocycles. The van der Waals surface area contributed by atoms with Crippen LogP contribution >= 0.6 is 0 Å². The fraction of sp³-hybridized carbons (Fsp3) is 0.750. The van der Waals surface area contributed by atoms with Gasteiger partial charge in [-0.05, 0) is 112 Å². The predicted molar refractivity (Wildman–Crippen MR) is 104 cm³/mol. The van der Waals surface area contributed by atoms with Gasteiger partial charge in [-0.2, -0.15) is 0 Å². The molecule has 1 aliphatic heterocycles. The van der Waals surface area contributed by atoms with Crippen LogP contribution in [0.4, 0.5) is 5.69 Å². The van der Waals surface area contributed by atoms with Gasteiger partial charge in [-0.25, -0.2) is 0 Å². The van der Waals surface area contributed by atoms with Gasteiger partial charge in [-0.3, -0.25) is 0 Å². The number of fused-ring (bicyclic) bond motifs is 4. The summed E-state index contributed by atoms with van der Waals surface area (Å²) in [5.74, 6) is 2.98. The molecule has 1 heteroatoms. The van der Waals surface area contributed by atoms with Crippen molar-refractivity contribution in [1.82, 2.24) is 0 Å². The summed E-state index contributed by atoms with van der Waals surface area (Å²) >= 11 is 0. The van der Waals surface area contributed by atoms with Gasteiger partial charge in [-0.15, -0.1) is 0 Å². The molecule has 0 amide bonds. The molecule has 1 aromatic rings. The van der Waals surface area contributed by atoms with E-state index in [1.165, 1.54) is 43.4 Å². The summed E-state index contributed by atoms with van der Waals surface area (Å²) < 4.78 is 19.2. The summed E-state index contributed by atoms with van der Waals surface area (Å²) in [5.41, 5.74) is 2.38. The van der Waals surface area contributed by atoms with Gasteiger partial charge in [-0.1, -0.05) is 18.2 Å². The van der Waals surface area contributed by atoms with E-state index in [4.69, 9.17) is 0 Å². The Morgan fingerprint density at radius 3 is 2.32 bits per heavy atom. The summed E-state index contributed by atoms with van der Waals surface area (Å²) in [7, 11) is 0. The Kier molecular flexibility index (Phi) is 2.27. The highest BCUT2D eigenvalue weighted by Gasteiger charge is 2.81. The van der Waals surface area contributed by atoms with Gasteiger partial charge < -0.3 is 4.90 Å². The molecule has 1 saturated heterocycles. The van der Waals surface area contributed by atoms with Crippen molar-refractivity contribution in [3.63, 3.8) is 0 Å². The number of hydrogen-bond acceptors (Lipinski definition) is 1. The number of rotatable bonds is 1. The second-order valence-electron chi connectivity index (χ2n) is 10.6. The van der Waals surface area contributed by atoms with E-state index in [-0.39, 0.29) is 11.5 Å². The van der Waals surface area contributed by atoms with Crippen LogP contribution in [0.15, 0.2) is 24.3 Å². The lowest BCUT2D eigenvalue weighted by Crippen LogP contribution is -2.64. The van der Waals surface area contributed by atoms with Crippen molar-refractivity contribution in [3.05, 3.63) is 29.8 Å². The summed E-state index contributed by atoms with van der Waals surface area (Å²) in [5, 5.41) is 0. The van der Waals surface area contributed by atoms with E-state index in [0.29, 0.717) is 17.3 Å². The van der Waals surface area contributed by atoms with Gasteiger partial charge in [0.2, 0.25) is 0 Å². The lowest BCUT2D eigenvalue weighted by Gasteiger charge is -2.66. The predicted octanol–water partition coefficient (Wildman–Crippen LogP) is 5.81. The van der Waals surface area contributed by atoms with Crippen molar-refractivity contribution in [1.29, 1.82) is 0 Å². The smallest absolute Gasteiger partial charge is 0.0402 e. The second-order valence-corrected chi connectivity index (χ2v) is 10.6. The Bertz CT molecular complexity index is 803. The van der Waals surface area contributed by atoms with Crippen LogP contribution in [0.25, 0.3) is 0 Å². The van der Waals surface area contributed by atoms with Gasteiger partial charge in [0, 0.05) is 20.0 Å². The molecule has 0 N–H and O–H groups in total. The molecule has 0 aromatic heterocycles. The molecule has 6 rings (SSSR count). The number of para-hydroxylation sites is 1. The zero-order valence-corrected chi connectivity index (χ0v) is 16.2. The van der Waals surface area contributed by atoms with E-state index in [1.807, 2.05) is 0 Å². The Labute approximate surface area is 156 Å². The monoisotopic (exact) mass is 337 g/mol. The summed E-state index contributed by atoms with van der Waals surface area (Å²) in [4.78, 5) is 2.49. The van der Waals surface area contributed by atoms with Gasteiger partial charge in [0.05, 0.1) is 0 Å². The zero-order valence-electron chi connectivity index (χ0n) is 18.2. The molecule has 0 radical (unpaired) electrons. The summed E-state index contributed by atoms with van der Waals surface area (Å²) in [6, 6.07) is 8.89. The standard InChI is InChI=1S/C24H33N/c1-15-7-5-6-8-19(15)25-16(2)24(14-22(25,3)4)20-10-17-9-18-11-21(24)23(20,12-17)13-18/h5-8,16-18,20-21H,9-14H2,1-4H3/i14D2. The summed E-state index contributed by atoms with van der Waals surface area (Å²) in [6.07, 6.45) is 5.69. The van der Waals surface area contributed by atoms with Crippen molar-refractivity contribution in [2.75, 3.05) is 4.90 Å². The van der Waals surface area contributed by atoms with Crippen LogP contribution in [-0.2, 0) is 0 Å². The summed E-state index contributed by atoms with van der Waals surface area (Å²) in [6.45, 7) is 8.90. The van der Waals surface area contributed by atoms with Crippen LogP contribution in [0.3, 0.4) is 0 Å². The van der Waals surface area contributed by atoms with Crippen LogP contribution in [-0.4, -0.2) is 11.6 Å². The van der Waals surface area contributed by atoms with Crippen molar-refractivity contribution < 1.29 is 2.74 Å². The van der Waals surface area contributed by atoms with Crippen LogP contribution in [0.1, 0.15) is 67.6 Å². The van der Waals surface area contributed by atoms with Gasteiger partial charge in [0.25, 0.3) is 0 Å². The maximum atomic E-state index is 9.58. The number of anilines is 1. The molecule has 4 saturated carbocycles. The fourth-order valence-corrected chi connectivity index (χ4v) is 9.08. The number of nitrogens with zero attached hydrogens (tertiary/aromatic N) is 1. The van der Waals surface area contributed by atoms with E-state index in [9.17, 15) is 2.74 Å². The first-order valence-electron chi connectivity index (χ1n) is 11.5. The van der Waals surface area contributed by atoms with Gasteiger partial charge in [0.15, 0.2) is 0 Å². The first-order valence-corrected chi connectivity index (χ1v) is 10.5. The highest BCUT2D eigenvalue weighted by Crippen LogP contribution is 2.85. The van der Waals surface area contributed by atoms with Gasteiger partial charge in [0.1, 0.15) is 0 Å². The zero-order chi connectivity index (χ0) is 19.0. The van der Waals surface area contributed by atoms with E-state index in [2.05, 4.69) is 56.9 Å². The average molecular weight is 338 g/mol. The van der Waals surface area contributed by atoms with Crippen molar-refractivity contribution >= 4 is 5.69 Å². The molecule has 5 fully saturated rings. The lowest BCUT2D eigenvalue weighted by molar-refractivity contribution is -0.169. The molecular formula is C24H33N. The number of aryl methyl sites for hydroxylation is 1. The molecule has 25 heavy (non-hydrogen) atoms. The van der Waals surface area contributed by atoms with Crippen molar-refractivity contribution in [2.45, 2.75) is 77.8 Å². The van der Waals surface area contributed by atoms with Crippen molar-refractivity contribution in [2.24, 2.45) is 34.5 Å². The highest BCUT2D eigenvalue weighted by molar-refractivity contribution is 5.58.